The third-order valence-corrected chi connectivity index (χ3v) is 6.76. The van der Waals surface area contributed by atoms with Crippen molar-refractivity contribution in [3.8, 4) is 0 Å². The Morgan fingerprint density at radius 1 is 1.10 bits per heavy atom. The molecule has 0 unspecified atom stereocenters. The van der Waals surface area contributed by atoms with Crippen LogP contribution >= 0.6 is 11.3 Å². The molecule has 0 bridgehead atoms. The Bertz CT molecular complexity index is 737. The Morgan fingerprint density at radius 3 is 2.37 bits per heavy atom. The summed E-state index contributed by atoms with van der Waals surface area (Å²) in [5, 5.41) is 6.44. The summed E-state index contributed by atoms with van der Waals surface area (Å²) in [6.45, 7) is 9.68. The molecule has 0 aliphatic heterocycles. The van der Waals surface area contributed by atoms with E-state index in [2.05, 4.69) is 10.6 Å². The first-order valence-electron chi connectivity index (χ1n) is 11.0. The van der Waals surface area contributed by atoms with Gasteiger partial charge in [-0.15, -0.1) is 11.3 Å². The number of hydrogen-bond acceptors (Lipinski definition) is 6. The Balaban J connectivity index is 2.11. The molecular weight excluding hydrogens is 402 g/mol. The number of hydrogen-bond donors (Lipinski definition) is 2. The summed E-state index contributed by atoms with van der Waals surface area (Å²) in [6.07, 6.45) is 6.25. The van der Waals surface area contributed by atoms with Crippen molar-refractivity contribution in [2.45, 2.75) is 59.8 Å². The van der Waals surface area contributed by atoms with Gasteiger partial charge in [-0.05, 0) is 58.6 Å². The van der Waals surface area contributed by atoms with Crippen molar-refractivity contribution in [3.05, 3.63) is 16.0 Å². The lowest BCUT2D eigenvalue weighted by Gasteiger charge is -2.21. The summed E-state index contributed by atoms with van der Waals surface area (Å²) in [6, 6.07) is 0. The van der Waals surface area contributed by atoms with Crippen LogP contribution in [0.3, 0.4) is 0 Å². The van der Waals surface area contributed by atoms with Crippen LogP contribution in [-0.2, 0) is 9.53 Å². The van der Waals surface area contributed by atoms with Gasteiger partial charge in [0.15, 0.2) is 0 Å². The minimum Gasteiger partial charge on any atom is -0.462 e. The zero-order valence-electron chi connectivity index (χ0n) is 18.6. The molecular formula is C22H35N3O4S. The van der Waals surface area contributed by atoms with Crippen LogP contribution in [0.2, 0.25) is 0 Å². The number of esters is 1. The van der Waals surface area contributed by atoms with E-state index in [0.29, 0.717) is 34.4 Å². The Hall–Kier alpha value is -1.93. The van der Waals surface area contributed by atoms with Crippen LogP contribution < -0.4 is 10.6 Å². The number of carbonyl (C=O) groups excluding carboxylic acids is 3. The number of anilines is 1. The van der Waals surface area contributed by atoms with Gasteiger partial charge in [-0.2, -0.15) is 0 Å². The fourth-order valence-corrected chi connectivity index (χ4v) is 5.04. The van der Waals surface area contributed by atoms with E-state index in [9.17, 15) is 14.4 Å². The van der Waals surface area contributed by atoms with Crippen LogP contribution in [0.5, 0.6) is 0 Å². The first-order valence-corrected chi connectivity index (χ1v) is 11.8. The van der Waals surface area contributed by atoms with Gasteiger partial charge in [0.2, 0.25) is 5.91 Å². The maximum atomic E-state index is 12.9. The third kappa shape index (κ3) is 6.28. The minimum atomic E-state index is -0.518. The van der Waals surface area contributed by atoms with Gasteiger partial charge in [-0.25, -0.2) is 4.79 Å². The van der Waals surface area contributed by atoms with Crippen molar-refractivity contribution in [1.29, 1.82) is 0 Å². The van der Waals surface area contributed by atoms with Gasteiger partial charge in [0.05, 0.1) is 23.6 Å². The molecule has 0 radical (unpaired) electrons. The van der Waals surface area contributed by atoms with Crippen molar-refractivity contribution >= 4 is 34.1 Å². The predicted octanol–water partition coefficient (Wildman–Crippen LogP) is 3.82. The van der Waals surface area contributed by atoms with Crippen LogP contribution in [0, 0.1) is 12.8 Å². The Labute approximate surface area is 183 Å². The van der Waals surface area contributed by atoms with Crippen LogP contribution in [0.25, 0.3) is 0 Å². The Morgan fingerprint density at radius 2 is 1.77 bits per heavy atom. The van der Waals surface area contributed by atoms with E-state index in [4.69, 9.17) is 4.74 Å². The van der Waals surface area contributed by atoms with Gasteiger partial charge in [-0.3, -0.25) is 9.59 Å². The second-order valence-electron chi connectivity index (χ2n) is 7.64. The SMILES string of the molecule is CCOC(=O)c1c(NC(=O)CNCC2CCCCC2)sc(C(=O)N(CC)CC)c1C. The first kappa shape index (κ1) is 24.3. The van der Waals surface area contributed by atoms with Crippen molar-refractivity contribution in [2.24, 2.45) is 5.92 Å². The molecule has 30 heavy (non-hydrogen) atoms. The standard InChI is InChI=1S/C22H35N3O4S/c1-5-25(6-2)21(27)19-15(4)18(22(28)29-7-3)20(30-19)24-17(26)14-23-13-16-11-9-8-10-12-16/h16,23H,5-14H2,1-4H3,(H,24,26). The quantitative estimate of drug-likeness (QED) is 0.543. The van der Waals surface area contributed by atoms with Crippen LogP contribution in [0.1, 0.15) is 78.5 Å². The zero-order valence-corrected chi connectivity index (χ0v) is 19.5. The van der Waals surface area contributed by atoms with Gasteiger partial charge in [0, 0.05) is 13.1 Å². The lowest BCUT2D eigenvalue weighted by Crippen LogP contribution is -2.32. The topological polar surface area (TPSA) is 87.7 Å². The summed E-state index contributed by atoms with van der Waals surface area (Å²) in [5.41, 5.74) is 0.832. The summed E-state index contributed by atoms with van der Waals surface area (Å²) >= 11 is 1.15. The van der Waals surface area contributed by atoms with Gasteiger partial charge in [0.1, 0.15) is 5.00 Å². The molecule has 1 heterocycles. The molecule has 0 saturated heterocycles. The van der Waals surface area contributed by atoms with Gasteiger partial charge in [0.25, 0.3) is 5.91 Å². The smallest absolute Gasteiger partial charge is 0.341 e. The predicted molar refractivity (Wildman–Crippen MR) is 120 cm³/mol. The zero-order chi connectivity index (χ0) is 22.1. The van der Waals surface area contributed by atoms with E-state index in [1.165, 1.54) is 32.1 Å². The average Bonchev–Trinajstić information content (AvgIpc) is 3.05. The fourth-order valence-electron chi connectivity index (χ4n) is 3.86. The summed E-state index contributed by atoms with van der Waals surface area (Å²) in [5.74, 6) is -0.248. The van der Waals surface area contributed by atoms with E-state index < -0.39 is 5.97 Å². The first-order chi connectivity index (χ1) is 14.4. The number of carbonyl (C=O) groups is 3. The molecule has 0 aromatic carbocycles. The number of nitrogens with zero attached hydrogens (tertiary/aromatic N) is 1. The Kier molecular flexibility index (Phi) is 9.78. The number of ether oxygens (including phenoxy) is 1. The van der Waals surface area contributed by atoms with E-state index >= 15 is 0 Å². The van der Waals surface area contributed by atoms with E-state index in [0.717, 1.165) is 17.9 Å². The van der Waals surface area contributed by atoms with Crippen molar-refractivity contribution in [1.82, 2.24) is 10.2 Å². The lowest BCUT2D eigenvalue weighted by atomic mass is 9.89. The molecule has 1 aromatic rings. The van der Waals surface area contributed by atoms with Gasteiger partial charge >= 0.3 is 5.97 Å². The van der Waals surface area contributed by atoms with Crippen molar-refractivity contribution in [2.75, 3.05) is 38.1 Å². The highest BCUT2D eigenvalue weighted by Gasteiger charge is 2.28. The van der Waals surface area contributed by atoms with Gasteiger partial charge < -0.3 is 20.3 Å². The molecule has 8 heteroatoms. The summed E-state index contributed by atoms with van der Waals surface area (Å²) < 4.78 is 5.17. The largest absolute Gasteiger partial charge is 0.462 e. The molecule has 7 nitrogen and oxygen atoms in total. The fraction of sp³-hybridized carbons (Fsp3) is 0.682. The normalized spacial score (nSPS) is 14.4. The van der Waals surface area contributed by atoms with E-state index in [1.54, 1.807) is 18.7 Å². The second kappa shape index (κ2) is 12.1. The molecule has 1 aliphatic rings. The monoisotopic (exact) mass is 437 g/mol. The highest BCUT2D eigenvalue weighted by atomic mass is 32.1. The molecule has 2 N–H and O–H groups in total. The molecule has 2 rings (SSSR count). The highest BCUT2D eigenvalue weighted by Crippen LogP contribution is 2.34. The summed E-state index contributed by atoms with van der Waals surface area (Å²) in [4.78, 5) is 40.1. The molecule has 1 aromatic heterocycles. The number of thiophene rings is 1. The average molecular weight is 438 g/mol. The molecule has 168 valence electrons. The van der Waals surface area contributed by atoms with E-state index in [1.807, 2.05) is 13.8 Å². The minimum absolute atomic E-state index is 0.135. The number of nitrogens with one attached hydrogen (secondary N) is 2. The molecule has 2 amide bonds. The van der Waals surface area contributed by atoms with Crippen LogP contribution in [0.15, 0.2) is 0 Å². The highest BCUT2D eigenvalue weighted by molar-refractivity contribution is 7.18. The number of amides is 2. The third-order valence-electron chi connectivity index (χ3n) is 5.57. The lowest BCUT2D eigenvalue weighted by molar-refractivity contribution is -0.115. The second-order valence-corrected chi connectivity index (χ2v) is 8.66. The molecule has 0 atom stereocenters. The maximum absolute atomic E-state index is 12.9. The van der Waals surface area contributed by atoms with Crippen LogP contribution in [0.4, 0.5) is 5.00 Å². The number of rotatable bonds is 10. The van der Waals surface area contributed by atoms with Crippen LogP contribution in [-0.4, -0.2) is 55.5 Å². The summed E-state index contributed by atoms with van der Waals surface area (Å²) in [7, 11) is 0. The van der Waals surface area contributed by atoms with E-state index in [-0.39, 0.29) is 30.5 Å². The molecule has 1 fully saturated rings. The van der Waals surface area contributed by atoms with Crippen molar-refractivity contribution < 1.29 is 19.1 Å². The van der Waals surface area contributed by atoms with Crippen molar-refractivity contribution in [3.63, 3.8) is 0 Å². The molecule has 0 spiro atoms. The molecule has 1 aliphatic carbocycles. The molecule has 1 saturated carbocycles. The van der Waals surface area contributed by atoms with Gasteiger partial charge in [-0.1, -0.05) is 19.3 Å². The maximum Gasteiger partial charge on any atom is 0.341 e.